The molecule has 0 aliphatic carbocycles. The lowest BCUT2D eigenvalue weighted by molar-refractivity contribution is 0.00862. The third-order valence-electron chi connectivity index (χ3n) is 5.96. The Kier molecular flexibility index (Phi) is 5.85. The molecule has 0 saturated carbocycles. The normalized spacial score (nSPS) is 23.7. The second kappa shape index (κ2) is 9.09. The van der Waals surface area contributed by atoms with Crippen molar-refractivity contribution in [2.24, 2.45) is 0 Å². The molecule has 0 unspecified atom stereocenters. The van der Waals surface area contributed by atoms with Gasteiger partial charge in [0, 0.05) is 10.9 Å². The average Bonchev–Trinajstić information content (AvgIpc) is 3.42. The van der Waals surface area contributed by atoms with Crippen molar-refractivity contribution in [1.82, 2.24) is 5.32 Å². The van der Waals surface area contributed by atoms with E-state index in [-0.39, 0.29) is 31.3 Å². The lowest BCUT2D eigenvalue weighted by Crippen LogP contribution is -2.44. The number of nitrogens with one attached hydrogen (secondary N) is 2. The standard InChI is InChI=1S/C25H24N2O6/c1-30-17-11-9-16(10-12-17)24(28)26-20-13-31-23-21(14-32-22(20)23)33-25(29)27-19-8-4-6-15-5-2-3-7-18(15)19/h2-12,20-23H,13-14H2,1H3,(H,26,28)(H,27,29)/t20-,21-,22-,23+/m1/s1. The quantitative estimate of drug-likeness (QED) is 0.622. The molecule has 2 aliphatic rings. The monoisotopic (exact) mass is 448 g/mol. The Morgan fingerprint density at radius 2 is 1.67 bits per heavy atom. The number of hydrogen-bond acceptors (Lipinski definition) is 6. The zero-order chi connectivity index (χ0) is 22.8. The summed E-state index contributed by atoms with van der Waals surface area (Å²) in [7, 11) is 1.57. The predicted octanol–water partition coefficient (Wildman–Crippen LogP) is 3.36. The number of hydrogen-bond donors (Lipinski definition) is 2. The van der Waals surface area contributed by atoms with E-state index in [0.717, 1.165) is 10.8 Å². The van der Waals surface area contributed by atoms with Gasteiger partial charge in [-0.05, 0) is 35.7 Å². The van der Waals surface area contributed by atoms with Gasteiger partial charge in [0.05, 0.1) is 32.1 Å². The predicted molar refractivity (Wildman–Crippen MR) is 122 cm³/mol. The molecule has 0 radical (unpaired) electrons. The minimum atomic E-state index is -0.574. The molecular formula is C25H24N2O6. The summed E-state index contributed by atoms with van der Waals surface area (Å²) in [5.74, 6) is 0.449. The lowest BCUT2D eigenvalue weighted by atomic mass is 10.1. The third kappa shape index (κ3) is 4.35. The van der Waals surface area contributed by atoms with Gasteiger partial charge in [-0.1, -0.05) is 36.4 Å². The second-order valence-electron chi connectivity index (χ2n) is 8.00. The summed E-state index contributed by atoms with van der Waals surface area (Å²) in [6, 6.07) is 20.0. The molecule has 8 heteroatoms. The maximum Gasteiger partial charge on any atom is 0.412 e. The van der Waals surface area contributed by atoms with Gasteiger partial charge in [-0.2, -0.15) is 0 Å². The molecule has 8 nitrogen and oxygen atoms in total. The fourth-order valence-electron chi connectivity index (χ4n) is 4.29. The number of carbonyl (C=O) groups is 2. The summed E-state index contributed by atoms with van der Waals surface area (Å²) in [5.41, 5.74) is 1.19. The highest BCUT2D eigenvalue weighted by Gasteiger charge is 2.50. The molecule has 33 heavy (non-hydrogen) atoms. The summed E-state index contributed by atoms with van der Waals surface area (Å²) in [6.07, 6.45) is -1.96. The van der Waals surface area contributed by atoms with Crippen LogP contribution in [0, 0.1) is 0 Å². The van der Waals surface area contributed by atoms with Crippen molar-refractivity contribution in [2.75, 3.05) is 25.6 Å². The largest absolute Gasteiger partial charge is 0.497 e. The van der Waals surface area contributed by atoms with Crippen LogP contribution in [-0.2, 0) is 14.2 Å². The minimum Gasteiger partial charge on any atom is -0.497 e. The topological polar surface area (TPSA) is 95.1 Å². The third-order valence-corrected chi connectivity index (χ3v) is 5.96. The zero-order valence-corrected chi connectivity index (χ0v) is 18.0. The van der Waals surface area contributed by atoms with Crippen molar-refractivity contribution < 1.29 is 28.5 Å². The zero-order valence-electron chi connectivity index (χ0n) is 18.0. The molecular weight excluding hydrogens is 424 g/mol. The summed E-state index contributed by atoms with van der Waals surface area (Å²) in [4.78, 5) is 25.2. The summed E-state index contributed by atoms with van der Waals surface area (Å²) >= 11 is 0. The van der Waals surface area contributed by atoms with E-state index < -0.39 is 18.3 Å². The molecule has 170 valence electrons. The number of carbonyl (C=O) groups excluding carboxylic acids is 2. The molecule has 2 aliphatic heterocycles. The van der Waals surface area contributed by atoms with Gasteiger partial charge in [0.2, 0.25) is 0 Å². The van der Waals surface area contributed by atoms with E-state index in [4.69, 9.17) is 18.9 Å². The molecule has 0 spiro atoms. The van der Waals surface area contributed by atoms with Gasteiger partial charge in [0.15, 0.2) is 6.10 Å². The Hall–Kier alpha value is -3.62. The Bertz CT molecular complexity index is 1160. The maximum atomic E-state index is 12.6. The van der Waals surface area contributed by atoms with E-state index in [9.17, 15) is 9.59 Å². The van der Waals surface area contributed by atoms with Crippen LogP contribution in [-0.4, -0.2) is 56.7 Å². The lowest BCUT2D eigenvalue weighted by Gasteiger charge is -2.18. The first-order valence-electron chi connectivity index (χ1n) is 10.8. The van der Waals surface area contributed by atoms with Crippen LogP contribution in [0.25, 0.3) is 10.8 Å². The van der Waals surface area contributed by atoms with Crippen LogP contribution in [0.5, 0.6) is 5.75 Å². The number of fused-ring (bicyclic) bond motifs is 2. The smallest absolute Gasteiger partial charge is 0.412 e. The van der Waals surface area contributed by atoms with Crippen LogP contribution in [0.3, 0.4) is 0 Å². The maximum absolute atomic E-state index is 12.6. The van der Waals surface area contributed by atoms with Gasteiger partial charge < -0.3 is 24.3 Å². The number of anilines is 1. The summed E-state index contributed by atoms with van der Waals surface area (Å²) < 4.78 is 22.4. The molecule has 2 N–H and O–H groups in total. The Labute approximate surface area is 190 Å². The highest BCUT2D eigenvalue weighted by Crippen LogP contribution is 2.30. The average molecular weight is 448 g/mol. The summed E-state index contributed by atoms with van der Waals surface area (Å²) in [6.45, 7) is 0.481. The van der Waals surface area contributed by atoms with Crippen LogP contribution >= 0.6 is 0 Å². The van der Waals surface area contributed by atoms with Crippen molar-refractivity contribution in [1.29, 1.82) is 0 Å². The molecule has 2 saturated heterocycles. The molecule has 4 atom stereocenters. The number of rotatable bonds is 5. The first-order valence-corrected chi connectivity index (χ1v) is 10.8. The van der Waals surface area contributed by atoms with Crippen LogP contribution in [0.1, 0.15) is 10.4 Å². The SMILES string of the molecule is COc1ccc(C(=O)N[C@@H]2CO[C@@H]3[C@@H]2OC[C@H]3OC(=O)Nc2cccc3ccccc23)cc1. The fraction of sp³-hybridized carbons (Fsp3) is 0.280. The van der Waals surface area contributed by atoms with Crippen molar-refractivity contribution in [2.45, 2.75) is 24.4 Å². The molecule has 2 amide bonds. The van der Waals surface area contributed by atoms with Crippen molar-refractivity contribution >= 4 is 28.5 Å². The second-order valence-corrected chi connectivity index (χ2v) is 8.00. The first-order chi connectivity index (χ1) is 16.1. The van der Waals surface area contributed by atoms with E-state index >= 15 is 0 Å². The molecule has 3 aromatic rings. The molecule has 0 bridgehead atoms. The van der Waals surface area contributed by atoms with E-state index in [2.05, 4.69) is 10.6 Å². The van der Waals surface area contributed by atoms with E-state index in [1.54, 1.807) is 31.4 Å². The van der Waals surface area contributed by atoms with Crippen molar-refractivity contribution in [3.63, 3.8) is 0 Å². The number of benzene rings is 3. The Balaban J connectivity index is 1.19. The van der Waals surface area contributed by atoms with Gasteiger partial charge in [0.25, 0.3) is 5.91 Å². The Morgan fingerprint density at radius 3 is 2.48 bits per heavy atom. The van der Waals surface area contributed by atoms with Gasteiger partial charge in [-0.25, -0.2) is 4.79 Å². The molecule has 0 aromatic heterocycles. The Morgan fingerprint density at radius 1 is 0.909 bits per heavy atom. The van der Waals surface area contributed by atoms with Gasteiger partial charge in [0.1, 0.15) is 18.0 Å². The van der Waals surface area contributed by atoms with E-state index in [1.165, 1.54) is 0 Å². The molecule has 2 fully saturated rings. The van der Waals surface area contributed by atoms with Gasteiger partial charge in [-0.3, -0.25) is 10.1 Å². The van der Waals surface area contributed by atoms with E-state index in [1.807, 2.05) is 42.5 Å². The van der Waals surface area contributed by atoms with Crippen molar-refractivity contribution in [3.05, 3.63) is 72.3 Å². The van der Waals surface area contributed by atoms with Crippen LogP contribution < -0.4 is 15.4 Å². The first kappa shape index (κ1) is 21.2. The fourth-order valence-corrected chi connectivity index (χ4v) is 4.29. The summed E-state index contributed by atoms with van der Waals surface area (Å²) in [5, 5.41) is 7.71. The van der Waals surface area contributed by atoms with Crippen LogP contribution in [0.2, 0.25) is 0 Å². The molecule has 2 heterocycles. The number of amides is 2. The highest BCUT2D eigenvalue weighted by atomic mass is 16.6. The van der Waals surface area contributed by atoms with Gasteiger partial charge >= 0.3 is 6.09 Å². The molecule has 5 rings (SSSR count). The van der Waals surface area contributed by atoms with Gasteiger partial charge in [-0.15, -0.1) is 0 Å². The highest BCUT2D eigenvalue weighted by molar-refractivity contribution is 6.00. The van der Waals surface area contributed by atoms with Crippen LogP contribution in [0.4, 0.5) is 10.5 Å². The molecule has 3 aromatic carbocycles. The minimum absolute atomic E-state index is 0.202. The number of methoxy groups -OCH3 is 1. The number of ether oxygens (including phenoxy) is 4. The van der Waals surface area contributed by atoms with Crippen LogP contribution in [0.15, 0.2) is 66.7 Å². The van der Waals surface area contributed by atoms with Crippen molar-refractivity contribution in [3.8, 4) is 5.75 Å². The van der Waals surface area contributed by atoms with E-state index in [0.29, 0.717) is 17.0 Å².